The lowest BCUT2D eigenvalue weighted by Gasteiger charge is -2.13. The Labute approximate surface area is 140 Å². The van der Waals surface area contributed by atoms with Gasteiger partial charge in [0.15, 0.2) is 5.69 Å². The number of hydrogen-bond acceptors (Lipinski definition) is 4. The van der Waals surface area contributed by atoms with E-state index < -0.39 is 0 Å². The van der Waals surface area contributed by atoms with Crippen LogP contribution in [0, 0.1) is 4.91 Å². The van der Waals surface area contributed by atoms with Gasteiger partial charge in [-0.2, -0.15) is 0 Å². The van der Waals surface area contributed by atoms with E-state index in [9.17, 15) is 10.0 Å². The van der Waals surface area contributed by atoms with Gasteiger partial charge in [-0.15, -0.1) is 4.91 Å². The van der Waals surface area contributed by atoms with E-state index in [1.807, 2.05) is 42.5 Å². The minimum Gasteiger partial charge on any atom is -0.493 e. The molecule has 0 bridgehead atoms. The van der Waals surface area contributed by atoms with E-state index in [1.165, 1.54) is 0 Å². The number of aromatic nitrogens is 1. The molecule has 0 saturated carbocycles. The molecule has 1 heterocycles. The lowest BCUT2D eigenvalue weighted by molar-refractivity contribution is 0.305. The average molecular weight is 324 g/mol. The molecular weight excluding hydrogens is 304 g/mol. The van der Waals surface area contributed by atoms with E-state index in [2.05, 4.69) is 12.1 Å². The first-order chi connectivity index (χ1) is 11.8. The van der Waals surface area contributed by atoms with Crippen molar-refractivity contribution in [2.75, 3.05) is 6.61 Å². The maximum atomic E-state index is 11.1. The van der Waals surface area contributed by atoms with Gasteiger partial charge in [0.25, 0.3) is 0 Å². The quantitative estimate of drug-likeness (QED) is 0.493. The molecule has 1 aromatic heterocycles. The number of hydrogen-bond donors (Lipinski definition) is 1. The normalized spacial score (nSPS) is 10.9. The van der Waals surface area contributed by atoms with E-state index in [4.69, 9.17) is 4.74 Å². The molecule has 24 heavy (non-hydrogen) atoms. The smallest absolute Gasteiger partial charge is 0.222 e. The molecule has 3 rings (SSSR count). The Hall–Kier alpha value is -2.82. The van der Waals surface area contributed by atoms with Crippen LogP contribution in [0.15, 0.2) is 53.7 Å². The maximum absolute atomic E-state index is 11.1. The van der Waals surface area contributed by atoms with Gasteiger partial charge in [0.1, 0.15) is 5.75 Å². The summed E-state index contributed by atoms with van der Waals surface area (Å²) in [7, 11) is 0. The number of nitrogens with zero attached hydrogens (tertiary/aromatic N) is 2. The molecule has 3 aromatic rings. The van der Waals surface area contributed by atoms with Gasteiger partial charge in [0.05, 0.1) is 18.7 Å². The topological polar surface area (TPSA) is 63.8 Å². The zero-order chi connectivity index (χ0) is 16.9. The summed E-state index contributed by atoms with van der Waals surface area (Å²) in [5, 5.41) is 14.0. The first-order valence-electron chi connectivity index (χ1n) is 8.10. The lowest BCUT2D eigenvalue weighted by Crippen LogP contribution is -2.04. The van der Waals surface area contributed by atoms with Gasteiger partial charge in [-0.25, -0.2) is 0 Å². The van der Waals surface area contributed by atoms with Crippen LogP contribution >= 0.6 is 0 Å². The summed E-state index contributed by atoms with van der Waals surface area (Å²) in [6.45, 7) is 3.18. The fourth-order valence-electron chi connectivity index (χ4n) is 2.79. The SMILES string of the molecule is CCCCOc1ccccc1Cn1c(O)c(N=O)c2ccccc21. The van der Waals surface area contributed by atoms with Gasteiger partial charge in [-0.1, -0.05) is 49.7 Å². The largest absolute Gasteiger partial charge is 0.493 e. The molecule has 0 atom stereocenters. The zero-order valence-electron chi connectivity index (χ0n) is 13.6. The number of unbranched alkanes of at least 4 members (excludes halogenated alkanes) is 1. The molecule has 5 heteroatoms. The molecule has 0 fully saturated rings. The van der Waals surface area contributed by atoms with Crippen LogP contribution in [0.4, 0.5) is 5.69 Å². The Kier molecular flexibility index (Phi) is 4.79. The molecule has 0 aliphatic rings. The van der Waals surface area contributed by atoms with Crippen molar-refractivity contribution in [2.45, 2.75) is 26.3 Å². The third-order valence-corrected chi connectivity index (χ3v) is 4.07. The molecule has 0 aliphatic carbocycles. The molecule has 0 unspecified atom stereocenters. The highest BCUT2D eigenvalue weighted by Crippen LogP contribution is 2.39. The third-order valence-electron chi connectivity index (χ3n) is 4.07. The summed E-state index contributed by atoms with van der Waals surface area (Å²) < 4.78 is 7.54. The van der Waals surface area contributed by atoms with Gasteiger partial charge < -0.3 is 14.4 Å². The summed E-state index contributed by atoms with van der Waals surface area (Å²) in [5.41, 5.74) is 1.80. The Bertz CT molecular complexity index is 855. The summed E-state index contributed by atoms with van der Waals surface area (Å²) in [4.78, 5) is 11.1. The van der Waals surface area contributed by atoms with Crippen LogP contribution in [0.5, 0.6) is 11.6 Å². The Morgan fingerprint density at radius 3 is 2.67 bits per heavy atom. The Morgan fingerprint density at radius 2 is 1.88 bits per heavy atom. The molecule has 0 radical (unpaired) electrons. The van der Waals surface area contributed by atoms with Crippen molar-refractivity contribution in [3.05, 3.63) is 59.0 Å². The van der Waals surface area contributed by atoms with Crippen LogP contribution in [0.3, 0.4) is 0 Å². The van der Waals surface area contributed by atoms with Crippen molar-refractivity contribution in [3.8, 4) is 11.6 Å². The zero-order valence-corrected chi connectivity index (χ0v) is 13.6. The Morgan fingerprint density at radius 1 is 1.12 bits per heavy atom. The van der Waals surface area contributed by atoms with E-state index in [1.54, 1.807) is 10.6 Å². The van der Waals surface area contributed by atoms with Crippen LogP contribution in [0.1, 0.15) is 25.3 Å². The minimum absolute atomic E-state index is 0.0787. The summed E-state index contributed by atoms with van der Waals surface area (Å²) in [6, 6.07) is 15.1. The second-order valence-corrected chi connectivity index (χ2v) is 5.68. The molecule has 0 aliphatic heterocycles. The van der Waals surface area contributed by atoms with Crippen molar-refractivity contribution >= 4 is 16.6 Å². The summed E-state index contributed by atoms with van der Waals surface area (Å²) >= 11 is 0. The van der Waals surface area contributed by atoms with Crippen LogP contribution in [-0.2, 0) is 6.54 Å². The van der Waals surface area contributed by atoms with Gasteiger partial charge in [0.2, 0.25) is 5.88 Å². The van der Waals surface area contributed by atoms with Gasteiger partial charge in [-0.05, 0) is 23.7 Å². The molecular formula is C19H20N2O3. The lowest BCUT2D eigenvalue weighted by atomic mass is 10.2. The first-order valence-corrected chi connectivity index (χ1v) is 8.10. The van der Waals surface area contributed by atoms with Gasteiger partial charge >= 0.3 is 0 Å². The van der Waals surface area contributed by atoms with Crippen LogP contribution in [0.2, 0.25) is 0 Å². The molecule has 0 amide bonds. The van der Waals surface area contributed by atoms with Crippen LogP contribution in [0.25, 0.3) is 10.9 Å². The van der Waals surface area contributed by atoms with E-state index in [0.29, 0.717) is 18.5 Å². The average Bonchev–Trinajstić information content (AvgIpc) is 2.88. The second kappa shape index (κ2) is 7.17. The fourth-order valence-corrected chi connectivity index (χ4v) is 2.79. The Balaban J connectivity index is 1.99. The number of nitroso groups, excluding NO2 is 1. The molecule has 0 saturated heterocycles. The standard InChI is InChI=1S/C19H20N2O3/c1-2-3-12-24-17-11-7-4-8-14(17)13-21-16-10-6-5-9-15(16)18(20-23)19(21)22/h4-11,22H,2-3,12-13H2,1H3. The van der Waals surface area contributed by atoms with E-state index >= 15 is 0 Å². The number of para-hydroxylation sites is 2. The van der Waals surface area contributed by atoms with E-state index in [-0.39, 0.29) is 11.6 Å². The van der Waals surface area contributed by atoms with Crippen LogP contribution in [-0.4, -0.2) is 16.3 Å². The van der Waals surface area contributed by atoms with Gasteiger partial charge in [0, 0.05) is 10.9 Å². The summed E-state index contributed by atoms with van der Waals surface area (Å²) in [5.74, 6) is 0.679. The number of rotatable bonds is 7. The van der Waals surface area contributed by atoms with Crippen LogP contribution < -0.4 is 4.74 Å². The molecule has 124 valence electrons. The molecule has 5 nitrogen and oxygen atoms in total. The van der Waals surface area contributed by atoms with Crippen molar-refractivity contribution in [1.82, 2.24) is 4.57 Å². The van der Waals surface area contributed by atoms with E-state index in [0.717, 1.165) is 29.7 Å². The maximum Gasteiger partial charge on any atom is 0.222 e. The van der Waals surface area contributed by atoms with Crippen molar-refractivity contribution in [3.63, 3.8) is 0 Å². The number of ether oxygens (including phenoxy) is 1. The summed E-state index contributed by atoms with van der Waals surface area (Å²) in [6.07, 6.45) is 2.06. The number of fused-ring (bicyclic) bond motifs is 1. The first kappa shape index (κ1) is 16.1. The molecule has 0 spiro atoms. The number of aromatic hydroxyl groups is 1. The van der Waals surface area contributed by atoms with Crippen molar-refractivity contribution in [1.29, 1.82) is 0 Å². The highest BCUT2D eigenvalue weighted by Gasteiger charge is 2.18. The third kappa shape index (κ3) is 2.97. The monoisotopic (exact) mass is 324 g/mol. The molecule has 1 N–H and O–H groups in total. The second-order valence-electron chi connectivity index (χ2n) is 5.68. The predicted octanol–water partition coefficient (Wildman–Crippen LogP) is 4.97. The predicted molar refractivity (Wildman–Crippen MR) is 95.0 cm³/mol. The van der Waals surface area contributed by atoms with Crippen molar-refractivity contribution in [2.24, 2.45) is 5.18 Å². The fraction of sp³-hybridized carbons (Fsp3) is 0.263. The highest BCUT2D eigenvalue weighted by molar-refractivity contribution is 5.95. The minimum atomic E-state index is -0.116. The van der Waals surface area contributed by atoms with Gasteiger partial charge in [-0.3, -0.25) is 0 Å². The van der Waals surface area contributed by atoms with Crippen molar-refractivity contribution < 1.29 is 9.84 Å². The number of benzene rings is 2. The molecule has 2 aromatic carbocycles. The highest BCUT2D eigenvalue weighted by atomic mass is 16.5.